The summed E-state index contributed by atoms with van der Waals surface area (Å²) >= 11 is 0. The lowest BCUT2D eigenvalue weighted by atomic mass is 10.3. The van der Waals surface area contributed by atoms with E-state index < -0.39 is 18.5 Å². The molecule has 2 rings (SSSR count). The lowest BCUT2D eigenvalue weighted by Crippen LogP contribution is -2.33. The molecule has 0 aliphatic rings. The Balaban J connectivity index is 2.01. The Bertz CT molecular complexity index is 716. The highest BCUT2D eigenvalue weighted by Crippen LogP contribution is 2.18. The lowest BCUT2D eigenvalue weighted by molar-refractivity contribution is -0.153. The van der Waals surface area contributed by atoms with Gasteiger partial charge >= 0.3 is 6.18 Å². The summed E-state index contributed by atoms with van der Waals surface area (Å²) in [5.41, 5.74) is 0.268. The van der Waals surface area contributed by atoms with Gasteiger partial charge < -0.3 is 14.5 Å². The summed E-state index contributed by atoms with van der Waals surface area (Å²) < 4.78 is 39.0. The van der Waals surface area contributed by atoms with Crippen molar-refractivity contribution in [2.24, 2.45) is 7.05 Å². The maximum Gasteiger partial charge on any atom is 0.397 e. The quantitative estimate of drug-likeness (QED) is 0.928. The highest BCUT2D eigenvalue weighted by molar-refractivity contribution is 5.78. The van der Waals surface area contributed by atoms with Crippen molar-refractivity contribution in [1.82, 2.24) is 14.5 Å². The van der Waals surface area contributed by atoms with Crippen LogP contribution in [0, 0.1) is 0 Å². The first-order valence-corrected chi connectivity index (χ1v) is 6.26. The average Bonchev–Trinajstić information content (AvgIpc) is 2.72. The molecule has 0 radical (unpaired) electrons. The van der Waals surface area contributed by atoms with Gasteiger partial charge in [-0.3, -0.25) is 9.59 Å². The number of nitrogens with one attached hydrogen (secondary N) is 1. The molecule has 0 fully saturated rings. The van der Waals surface area contributed by atoms with Crippen LogP contribution in [0.3, 0.4) is 0 Å². The Morgan fingerprint density at radius 3 is 2.62 bits per heavy atom. The van der Waals surface area contributed by atoms with E-state index in [9.17, 15) is 22.8 Å². The molecule has 0 aliphatic carbocycles. The van der Waals surface area contributed by atoms with Gasteiger partial charge in [0.1, 0.15) is 11.9 Å². The van der Waals surface area contributed by atoms with Crippen LogP contribution in [0.5, 0.6) is 0 Å². The van der Waals surface area contributed by atoms with Gasteiger partial charge in [-0.2, -0.15) is 13.2 Å². The van der Waals surface area contributed by atoms with E-state index in [2.05, 4.69) is 5.32 Å². The summed E-state index contributed by atoms with van der Waals surface area (Å²) in [7, 11) is 1.74. The molecule has 114 valence electrons. The largest absolute Gasteiger partial charge is 0.397 e. The van der Waals surface area contributed by atoms with E-state index in [0.717, 1.165) is 5.39 Å². The van der Waals surface area contributed by atoms with Crippen LogP contribution in [0.4, 0.5) is 13.2 Å². The third-order valence-corrected chi connectivity index (χ3v) is 3.04. The zero-order valence-electron chi connectivity index (χ0n) is 11.3. The second kappa shape index (κ2) is 5.63. The molecular formula is C13H14F3N3O2. The first-order chi connectivity index (χ1) is 9.78. The molecule has 8 heteroatoms. The number of halogens is 3. The van der Waals surface area contributed by atoms with Crippen molar-refractivity contribution < 1.29 is 18.0 Å². The van der Waals surface area contributed by atoms with E-state index in [-0.39, 0.29) is 18.6 Å². The molecule has 0 atom stereocenters. The molecule has 0 aromatic carbocycles. The number of aryl methyl sites for hydroxylation is 1. The number of carbonyl (C=O) groups excluding carboxylic acids is 1. The normalized spacial score (nSPS) is 11.8. The number of carbonyl (C=O) groups is 1. The van der Waals surface area contributed by atoms with Crippen LogP contribution >= 0.6 is 0 Å². The molecule has 2 heterocycles. The monoisotopic (exact) mass is 301 g/mol. The van der Waals surface area contributed by atoms with Crippen LogP contribution in [0.2, 0.25) is 0 Å². The van der Waals surface area contributed by atoms with Gasteiger partial charge in [0.25, 0.3) is 5.56 Å². The minimum Gasteiger partial charge on any atom is -0.354 e. The highest BCUT2D eigenvalue weighted by atomic mass is 19.4. The molecule has 0 saturated heterocycles. The van der Waals surface area contributed by atoms with Gasteiger partial charge in [0.05, 0.1) is 0 Å². The zero-order chi connectivity index (χ0) is 15.6. The Kier molecular flexibility index (Phi) is 4.06. The fourth-order valence-electron chi connectivity index (χ4n) is 2.07. The van der Waals surface area contributed by atoms with Crippen LogP contribution in [0.1, 0.15) is 6.42 Å². The predicted molar refractivity (Wildman–Crippen MR) is 70.9 cm³/mol. The Morgan fingerprint density at radius 1 is 1.29 bits per heavy atom. The van der Waals surface area contributed by atoms with Crippen LogP contribution < -0.4 is 10.9 Å². The van der Waals surface area contributed by atoms with Gasteiger partial charge in [-0.1, -0.05) is 0 Å². The molecule has 2 aromatic heterocycles. The highest BCUT2D eigenvalue weighted by Gasteiger charge is 2.30. The SMILES string of the molecule is Cn1ccc2ccn(CCNC(=O)CC(F)(F)F)c(=O)c21. The number of aromatic nitrogens is 2. The van der Waals surface area contributed by atoms with E-state index in [1.807, 2.05) is 0 Å². The third-order valence-electron chi connectivity index (χ3n) is 3.04. The topological polar surface area (TPSA) is 56.0 Å². The lowest BCUT2D eigenvalue weighted by Gasteiger charge is -2.09. The molecule has 0 aliphatic heterocycles. The van der Waals surface area contributed by atoms with Crippen LogP contribution in [0.15, 0.2) is 29.3 Å². The van der Waals surface area contributed by atoms with Crippen molar-refractivity contribution >= 4 is 16.8 Å². The number of amides is 1. The Hall–Kier alpha value is -2.25. The molecule has 21 heavy (non-hydrogen) atoms. The molecule has 0 unspecified atom stereocenters. The molecule has 1 N–H and O–H groups in total. The first-order valence-electron chi connectivity index (χ1n) is 6.26. The number of hydrogen-bond acceptors (Lipinski definition) is 2. The molecule has 2 aromatic rings. The minimum absolute atomic E-state index is 0.0370. The van der Waals surface area contributed by atoms with Crippen molar-refractivity contribution in [2.75, 3.05) is 6.54 Å². The number of pyridine rings is 1. The molecule has 1 amide bonds. The minimum atomic E-state index is -4.52. The summed E-state index contributed by atoms with van der Waals surface area (Å²) in [6.07, 6.45) is -2.73. The van der Waals surface area contributed by atoms with Gasteiger partial charge in [0.2, 0.25) is 5.91 Å². The number of alkyl halides is 3. The molecule has 5 nitrogen and oxygen atoms in total. The van der Waals surface area contributed by atoms with Crippen molar-refractivity contribution in [3.8, 4) is 0 Å². The fraction of sp³-hybridized carbons (Fsp3) is 0.385. The van der Waals surface area contributed by atoms with Gasteiger partial charge in [-0.05, 0) is 12.1 Å². The number of rotatable bonds is 4. The van der Waals surface area contributed by atoms with Gasteiger partial charge in [-0.25, -0.2) is 0 Å². The summed E-state index contributed by atoms with van der Waals surface area (Å²) in [4.78, 5) is 23.2. The molecular weight excluding hydrogens is 287 g/mol. The predicted octanol–water partition coefficient (Wildman–Crippen LogP) is 1.41. The Labute approximate surface area is 118 Å². The zero-order valence-corrected chi connectivity index (χ0v) is 11.3. The van der Waals surface area contributed by atoms with E-state index >= 15 is 0 Å². The van der Waals surface area contributed by atoms with Gasteiger partial charge in [0.15, 0.2) is 0 Å². The maximum absolute atomic E-state index is 12.2. The average molecular weight is 301 g/mol. The van der Waals surface area contributed by atoms with Crippen LogP contribution in [0.25, 0.3) is 10.9 Å². The van der Waals surface area contributed by atoms with Crippen molar-refractivity contribution in [3.05, 3.63) is 34.9 Å². The van der Waals surface area contributed by atoms with E-state index in [1.165, 1.54) is 4.57 Å². The molecule has 0 bridgehead atoms. The number of nitrogens with zero attached hydrogens (tertiary/aromatic N) is 2. The van der Waals surface area contributed by atoms with E-state index in [0.29, 0.717) is 5.52 Å². The second-order valence-corrected chi connectivity index (χ2v) is 4.69. The number of fused-ring (bicyclic) bond motifs is 1. The second-order valence-electron chi connectivity index (χ2n) is 4.69. The smallest absolute Gasteiger partial charge is 0.354 e. The van der Waals surface area contributed by atoms with Crippen LogP contribution in [-0.2, 0) is 18.4 Å². The molecule has 0 saturated carbocycles. The first kappa shape index (κ1) is 15.1. The number of hydrogen-bond donors (Lipinski definition) is 1. The molecule has 0 spiro atoms. The fourth-order valence-corrected chi connectivity index (χ4v) is 2.07. The van der Waals surface area contributed by atoms with Gasteiger partial charge in [0, 0.05) is 37.9 Å². The van der Waals surface area contributed by atoms with Crippen molar-refractivity contribution in [3.63, 3.8) is 0 Å². The summed E-state index contributed by atoms with van der Waals surface area (Å²) in [5, 5.41) is 2.94. The van der Waals surface area contributed by atoms with Crippen molar-refractivity contribution in [2.45, 2.75) is 19.1 Å². The Morgan fingerprint density at radius 2 is 1.95 bits per heavy atom. The maximum atomic E-state index is 12.2. The summed E-state index contributed by atoms with van der Waals surface area (Å²) in [6, 6.07) is 3.54. The summed E-state index contributed by atoms with van der Waals surface area (Å²) in [6.45, 7) is 0.0777. The van der Waals surface area contributed by atoms with E-state index in [1.54, 1.807) is 36.1 Å². The van der Waals surface area contributed by atoms with Crippen LogP contribution in [-0.4, -0.2) is 27.8 Å². The third kappa shape index (κ3) is 3.65. The standard InChI is InChI=1S/C13H14F3N3O2/c1-18-5-2-9-3-6-19(12(21)11(9)18)7-4-17-10(20)8-13(14,15)16/h2-3,5-6H,4,7-8H2,1H3,(H,17,20). The van der Waals surface area contributed by atoms with Gasteiger partial charge in [-0.15, -0.1) is 0 Å². The van der Waals surface area contributed by atoms with E-state index in [4.69, 9.17) is 0 Å². The summed E-state index contributed by atoms with van der Waals surface area (Å²) in [5.74, 6) is -1.10. The van der Waals surface area contributed by atoms with Crippen molar-refractivity contribution in [1.29, 1.82) is 0 Å².